The largest absolute Gasteiger partial charge is 0.338 e. The minimum absolute atomic E-state index is 0.0286. The van der Waals surface area contributed by atoms with Crippen molar-refractivity contribution in [2.45, 2.75) is 13.5 Å². The van der Waals surface area contributed by atoms with E-state index in [2.05, 4.69) is 15.9 Å². The molecule has 15 heavy (non-hydrogen) atoms. The molecule has 1 rings (SSSR count). The first-order valence-corrected chi connectivity index (χ1v) is 6.08. The molecule has 0 spiro atoms. The van der Waals surface area contributed by atoms with E-state index in [1.54, 1.807) is 4.90 Å². The Morgan fingerprint density at radius 2 is 2.27 bits per heavy atom. The normalized spacial score (nSPS) is 10.1. The molecule has 0 saturated carbocycles. The fourth-order valence-corrected chi connectivity index (χ4v) is 1.93. The van der Waals surface area contributed by atoms with Gasteiger partial charge in [-0.05, 0) is 24.6 Å². The number of carbonyl (C=O) groups is 1. The minimum Gasteiger partial charge on any atom is -0.338 e. The van der Waals surface area contributed by atoms with E-state index in [4.69, 9.17) is 11.6 Å². The number of halogens is 2. The van der Waals surface area contributed by atoms with Crippen molar-refractivity contribution in [1.82, 2.24) is 4.90 Å². The SMILES string of the molecule is CCN(Cc1cccc(Br)c1)C(=O)CCl. The first-order valence-electron chi connectivity index (χ1n) is 4.75. The van der Waals surface area contributed by atoms with Crippen molar-refractivity contribution in [2.75, 3.05) is 12.4 Å². The average molecular weight is 291 g/mol. The van der Waals surface area contributed by atoms with Crippen LogP contribution in [0, 0.1) is 0 Å². The highest BCUT2D eigenvalue weighted by Gasteiger charge is 2.10. The van der Waals surface area contributed by atoms with Crippen molar-refractivity contribution >= 4 is 33.4 Å². The fraction of sp³-hybridized carbons (Fsp3) is 0.364. The third-order valence-corrected chi connectivity index (χ3v) is 2.83. The van der Waals surface area contributed by atoms with Gasteiger partial charge in [0.25, 0.3) is 0 Å². The zero-order valence-corrected chi connectivity index (χ0v) is 10.9. The van der Waals surface area contributed by atoms with Gasteiger partial charge in [-0.3, -0.25) is 4.79 Å². The molecule has 1 aromatic rings. The van der Waals surface area contributed by atoms with Gasteiger partial charge in [-0.25, -0.2) is 0 Å². The van der Waals surface area contributed by atoms with Gasteiger partial charge < -0.3 is 4.90 Å². The lowest BCUT2D eigenvalue weighted by Gasteiger charge is -2.19. The lowest BCUT2D eigenvalue weighted by Crippen LogP contribution is -2.31. The zero-order chi connectivity index (χ0) is 11.3. The van der Waals surface area contributed by atoms with E-state index >= 15 is 0 Å². The van der Waals surface area contributed by atoms with E-state index in [-0.39, 0.29) is 11.8 Å². The molecule has 0 aliphatic carbocycles. The molecule has 0 aliphatic heterocycles. The summed E-state index contributed by atoms with van der Waals surface area (Å²) in [6.45, 7) is 3.24. The van der Waals surface area contributed by atoms with Gasteiger partial charge in [0.05, 0.1) is 0 Å². The van der Waals surface area contributed by atoms with Crippen molar-refractivity contribution in [3.63, 3.8) is 0 Å². The number of carbonyl (C=O) groups excluding carboxylic acids is 1. The number of hydrogen-bond donors (Lipinski definition) is 0. The quantitative estimate of drug-likeness (QED) is 0.781. The molecular weight excluding hydrogens is 277 g/mol. The van der Waals surface area contributed by atoms with Crippen LogP contribution in [0.15, 0.2) is 28.7 Å². The van der Waals surface area contributed by atoms with Gasteiger partial charge in [-0.2, -0.15) is 0 Å². The Kier molecular flexibility index (Phi) is 5.12. The molecule has 4 heteroatoms. The summed E-state index contributed by atoms with van der Waals surface area (Å²) in [6.07, 6.45) is 0. The van der Waals surface area contributed by atoms with Crippen LogP contribution >= 0.6 is 27.5 Å². The molecule has 0 unspecified atom stereocenters. The van der Waals surface area contributed by atoms with Crippen molar-refractivity contribution in [3.8, 4) is 0 Å². The molecule has 1 amide bonds. The average Bonchev–Trinajstić information content (AvgIpc) is 2.25. The topological polar surface area (TPSA) is 20.3 Å². The molecule has 0 bridgehead atoms. The van der Waals surface area contributed by atoms with Crippen LogP contribution in [0.5, 0.6) is 0 Å². The van der Waals surface area contributed by atoms with Crippen LogP contribution in [0.3, 0.4) is 0 Å². The minimum atomic E-state index is -0.0286. The highest BCUT2D eigenvalue weighted by Crippen LogP contribution is 2.13. The third kappa shape index (κ3) is 3.84. The van der Waals surface area contributed by atoms with E-state index in [1.165, 1.54) is 0 Å². The molecule has 0 N–H and O–H groups in total. The lowest BCUT2D eigenvalue weighted by molar-refractivity contribution is -0.128. The zero-order valence-electron chi connectivity index (χ0n) is 8.54. The van der Waals surface area contributed by atoms with E-state index in [0.717, 1.165) is 10.0 Å². The molecule has 2 nitrogen and oxygen atoms in total. The summed E-state index contributed by atoms with van der Waals surface area (Å²) in [6, 6.07) is 7.92. The van der Waals surface area contributed by atoms with Gasteiger partial charge in [0.2, 0.25) is 5.91 Å². The van der Waals surface area contributed by atoms with Crippen LogP contribution in [0.4, 0.5) is 0 Å². The molecule has 0 atom stereocenters. The number of alkyl halides is 1. The Hall–Kier alpha value is -0.540. The first kappa shape index (κ1) is 12.5. The summed E-state index contributed by atoms with van der Waals surface area (Å²) in [7, 11) is 0. The highest BCUT2D eigenvalue weighted by molar-refractivity contribution is 9.10. The highest BCUT2D eigenvalue weighted by atomic mass is 79.9. The Morgan fingerprint density at radius 1 is 1.53 bits per heavy atom. The molecule has 0 heterocycles. The van der Waals surface area contributed by atoms with Crippen LogP contribution in [-0.2, 0) is 11.3 Å². The molecule has 0 aliphatic rings. The van der Waals surface area contributed by atoms with Crippen molar-refractivity contribution < 1.29 is 4.79 Å². The summed E-state index contributed by atoms with van der Waals surface area (Å²) in [4.78, 5) is 13.1. The summed E-state index contributed by atoms with van der Waals surface area (Å²) in [5, 5.41) is 0. The molecule has 82 valence electrons. The van der Waals surface area contributed by atoms with Crippen LogP contribution in [-0.4, -0.2) is 23.2 Å². The lowest BCUT2D eigenvalue weighted by atomic mass is 10.2. The molecule has 0 fully saturated rings. The van der Waals surface area contributed by atoms with Gasteiger partial charge >= 0.3 is 0 Å². The molecule has 0 saturated heterocycles. The van der Waals surface area contributed by atoms with Gasteiger partial charge in [-0.1, -0.05) is 28.1 Å². The summed E-state index contributed by atoms with van der Waals surface area (Å²) < 4.78 is 1.02. The van der Waals surface area contributed by atoms with Crippen LogP contribution in [0.25, 0.3) is 0 Å². The Labute approximate surface area is 103 Å². The Balaban J connectivity index is 2.70. The van der Waals surface area contributed by atoms with Crippen molar-refractivity contribution in [1.29, 1.82) is 0 Å². The second kappa shape index (κ2) is 6.13. The molecule has 1 aromatic carbocycles. The Morgan fingerprint density at radius 3 is 2.80 bits per heavy atom. The van der Waals surface area contributed by atoms with Gasteiger partial charge in [-0.15, -0.1) is 11.6 Å². The molecular formula is C11H13BrClNO. The smallest absolute Gasteiger partial charge is 0.237 e. The van der Waals surface area contributed by atoms with Crippen molar-refractivity contribution in [2.24, 2.45) is 0 Å². The summed E-state index contributed by atoms with van der Waals surface area (Å²) >= 11 is 8.92. The number of benzene rings is 1. The maximum absolute atomic E-state index is 11.4. The van der Waals surface area contributed by atoms with Crippen LogP contribution in [0.1, 0.15) is 12.5 Å². The molecule has 0 radical (unpaired) electrons. The van der Waals surface area contributed by atoms with Crippen LogP contribution < -0.4 is 0 Å². The second-order valence-electron chi connectivity index (χ2n) is 3.17. The number of nitrogens with zero attached hydrogens (tertiary/aromatic N) is 1. The second-order valence-corrected chi connectivity index (χ2v) is 4.35. The summed E-state index contributed by atoms with van der Waals surface area (Å²) in [5.41, 5.74) is 1.10. The Bertz CT molecular complexity index is 343. The van der Waals surface area contributed by atoms with E-state index in [0.29, 0.717) is 13.1 Å². The van der Waals surface area contributed by atoms with E-state index in [1.807, 2.05) is 31.2 Å². The van der Waals surface area contributed by atoms with Gasteiger partial charge in [0.1, 0.15) is 5.88 Å². The van der Waals surface area contributed by atoms with Crippen molar-refractivity contribution in [3.05, 3.63) is 34.3 Å². The van der Waals surface area contributed by atoms with E-state index in [9.17, 15) is 4.79 Å². The predicted octanol–water partition coefficient (Wildman–Crippen LogP) is 3.04. The first-order chi connectivity index (χ1) is 7.17. The third-order valence-electron chi connectivity index (χ3n) is 2.11. The number of amides is 1. The van der Waals surface area contributed by atoms with E-state index < -0.39 is 0 Å². The van der Waals surface area contributed by atoms with Crippen LogP contribution in [0.2, 0.25) is 0 Å². The number of rotatable bonds is 4. The maximum atomic E-state index is 11.4. The van der Waals surface area contributed by atoms with Gasteiger partial charge in [0, 0.05) is 17.6 Å². The fourth-order valence-electron chi connectivity index (χ4n) is 1.32. The monoisotopic (exact) mass is 289 g/mol. The summed E-state index contributed by atoms with van der Waals surface area (Å²) in [5.74, 6) is 0.0149. The number of hydrogen-bond acceptors (Lipinski definition) is 1. The standard InChI is InChI=1S/C11H13BrClNO/c1-2-14(11(15)7-13)8-9-4-3-5-10(12)6-9/h3-6H,2,7-8H2,1H3. The predicted molar refractivity (Wildman–Crippen MR) is 66.0 cm³/mol. The molecule has 0 aromatic heterocycles. The maximum Gasteiger partial charge on any atom is 0.237 e. The van der Waals surface area contributed by atoms with Gasteiger partial charge in [0.15, 0.2) is 0 Å².